The van der Waals surface area contributed by atoms with Crippen LogP contribution in [0.3, 0.4) is 0 Å². The summed E-state index contributed by atoms with van der Waals surface area (Å²) in [5, 5.41) is 8.55. The number of anilines is 1. The van der Waals surface area contributed by atoms with Crippen LogP contribution in [0.15, 0.2) is 40.8 Å². The third-order valence-corrected chi connectivity index (χ3v) is 7.08. The summed E-state index contributed by atoms with van der Waals surface area (Å²) in [5.74, 6) is 0.257. The van der Waals surface area contributed by atoms with Crippen LogP contribution >= 0.6 is 11.3 Å². The number of nitrogens with one attached hydrogen (secondary N) is 2. The van der Waals surface area contributed by atoms with Crippen LogP contribution in [0, 0.1) is 0 Å². The number of urea groups is 1. The molecule has 5 rings (SSSR count). The first-order valence-corrected chi connectivity index (χ1v) is 13.3. The molecule has 0 unspecified atom stereocenters. The summed E-state index contributed by atoms with van der Waals surface area (Å²) in [6.07, 6.45) is 3.98. The van der Waals surface area contributed by atoms with E-state index in [1.165, 1.54) is 11.3 Å². The maximum absolute atomic E-state index is 13.5. The minimum atomic E-state index is -0.653. The number of rotatable bonds is 7. The highest BCUT2D eigenvalue weighted by Crippen LogP contribution is 2.39. The van der Waals surface area contributed by atoms with Gasteiger partial charge in [-0.3, -0.25) is 10.1 Å². The third kappa shape index (κ3) is 4.72. The van der Waals surface area contributed by atoms with Gasteiger partial charge in [0.05, 0.1) is 29.7 Å². The number of carbonyl (C=O) groups is 2. The number of esters is 1. The molecule has 0 spiro atoms. The molecule has 2 amide bonds. The smallest absolute Gasteiger partial charge is 0.343 e. The van der Waals surface area contributed by atoms with Crippen molar-refractivity contribution in [1.82, 2.24) is 19.9 Å². The van der Waals surface area contributed by atoms with Crippen molar-refractivity contribution in [3.8, 4) is 27.4 Å². The molecular weight excluding hydrogens is 506 g/mol. The molecule has 38 heavy (non-hydrogen) atoms. The van der Waals surface area contributed by atoms with Gasteiger partial charge in [0, 0.05) is 35.4 Å². The van der Waals surface area contributed by atoms with E-state index in [1.807, 2.05) is 29.9 Å². The van der Waals surface area contributed by atoms with Crippen LogP contribution in [0.1, 0.15) is 36.8 Å². The summed E-state index contributed by atoms with van der Waals surface area (Å²) in [7, 11) is 0. The van der Waals surface area contributed by atoms with E-state index < -0.39 is 11.4 Å². The number of nitrogens with zero attached hydrogens (tertiary/aromatic N) is 3. The number of hydrogen-bond acceptors (Lipinski definition) is 8. The number of hydrogen-bond donors (Lipinski definition) is 2. The maximum atomic E-state index is 13.5. The van der Waals surface area contributed by atoms with E-state index in [1.54, 1.807) is 31.5 Å². The van der Waals surface area contributed by atoms with Crippen LogP contribution in [-0.4, -0.2) is 46.3 Å². The number of aromatic nitrogens is 3. The highest BCUT2D eigenvalue weighted by Gasteiger charge is 2.24. The van der Waals surface area contributed by atoms with E-state index in [9.17, 15) is 14.4 Å². The van der Waals surface area contributed by atoms with E-state index in [4.69, 9.17) is 14.5 Å². The molecule has 196 valence electrons. The third-order valence-electron chi connectivity index (χ3n) is 6.16. The molecule has 0 radical (unpaired) electrons. The van der Waals surface area contributed by atoms with Crippen molar-refractivity contribution in [3.63, 3.8) is 0 Å². The molecule has 11 heteroatoms. The summed E-state index contributed by atoms with van der Waals surface area (Å²) in [4.78, 5) is 47.4. The van der Waals surface area contributed by atoms with Crippen molar-refractivity contribution in [1.29, 1.82) is 0 Å². The second kappa shape index (κ2) is 10.6. The van der Waals surface area contributed by atoms with Gasteiger partial charge in [-0.25, -0.2) is 19.6 Å². The largest absolute Gasteiger partial charge is 0.489 e. The summed E-state index contributed by atoms with van der Waals surface area (Å²) in [5.41, 5.74) is 3.28. The Hall–Kier alpha value is -4.25. The Morgan fingerprint density at radius 2 is 2.03 bits per heavy atom. The number of thiazole rings is 1. The average molecular weight is 534 g/mol. The molecule has 1 aliphatic rings. The first-order valence-electron chi connectivity index (χ1n) is 12.4. The lowest BCUT2D eigenvalue weighted by molar-refractivity contribution is 0.0524. The molecular formula is C27H27N5O5S. The Balaban J connectivity index is 1.71. The van der Waals surface area contributed by atoms with Crippen molar-refractivity contribution in [2.24, 2.45) is 0 Å². The normalized spacial score (nSPS) is 12.2. The molecule has 0 aliphatic carbocycles. The maximum Gasteiger partial charge on any atom is 0.343 e. The quantitative estimate of drug-likeness (QED) is 0.336. The average Bonchev–Trinajstić information content (AvgIpc) is 3.40. The van der Waals surface area contributed by atoms with Crippen molar-refractivity contribution in [2.45, 2.75) is 33.7 Å². The Kier molecular flexibility index (Phi) is 7.10. The first-order chi connectivity index (χ1) is 18.4. The predicted molar refractivity (Wildman–Crippen MR) is 146 cm³/mol. The molecule has 1 aromatic carbocycles. The molecule has 3 aromatic heterocycles. The monoisotopic (exact) mass is 533 g/mol. The molecule has 4 aromatic rings. The molecule has 0 saturated heterocycles. The lowest BCUT2D eigenvalue weighted by Gasteiger charge is -2.22. The van der Waals surface area contributed by atoms with E-state index in [0.29, 0.717) is 53.3 Å². The van der Waals surface area contributed by atoms with Crippen molar-refractivity contribution < 1.29 is 19.1 Å². The zero-order valence-corrected chi connectivity index (χ0v) is 22.1. The Morgan fingerprint density at radius 1 is 1.18 bits per heavy atom. The fourth-order valence-corrected chi connectivity index (χ4v) is 5.33. The number of aryl methyl sites for hydroxylation is 1. The molecule has 1 aliphatic heterocycles. The standard InChI is InChI=1S/C27H27N5O5S/c1-4-16-14-38-25(30-16)17-11-22(31-27(35)28-5-2)29-12-19(17)15-9-18-23-21(10-15)37-8-7-32(23)13-20(24(18)33)26(34)36-6-3/h9-14H,4-8H2,1-3H3,(H2,28,29,31,35). The Bertz CT molecular complexity index is 1610. The van der Waals surface area contributed by atoms with Crippen LogP contribution in [0.5, 0.6) is 5.75 Å². The van der Waals surface area contributed by atoms with E-state index in [-0.39, 0.29) is 18.2 Å². The van der Waals surface area contributed by atoms with Crippen LogP contribution in [0.25, 0.3) is 32.6 Å². The molecule has 2 N–H and O–H groups in total. The summed E-state index contributed by atoms with van der Waals surface area (Å²) in [6, 6.07) is 5.03. The fraction of sp³-hybridized carbons (Fsp3) is 0.296. The SMILES string of the molecule is CCNC(=O)Nc1cc(-c2nc(CC)cs2)c(-c2cc3c4c(c2)c(=O)c(C(=O)OCC)cn4CCO3)cn1. The number of amides is 2. The van der Waals surface area contributed by atoms with Crippen molar-refractivity contribution >= 4 is 40.1 Å². The van der Waals surface area contributed by atoms with Gasteiger partial charge < -0.3 is 19.4 Å². The van der Waals surface area contributed by atoms with Gasteiger partial charge in [0.2, 0.25) is 5.43 Å². The van der Waals surface area contributed by atoms with Crippen LogP contribution in [-0.2, 0) is 17.7 Å². The topological polar surface area (TPSA) is 124 Å². The highest BCUT2D eigenvalue weighted by molar-refractivity contribution is 7.13. The summed E-state index contributed by atoms with van der Waals surface area (Å²) < 4.78 is 12.9. The molecule has 0 saturated carbocycles. The molecule has 0 bridgehead atoms. The van der Waals surface area contributed by atoms with E-state index >= 15 is 0 Å². The van der Waals surface area contributed by atoms with Gasteiger partial charge in [-0.1, -0.05) is 6.92 Å². The zero-order chi connectivity index (χ0) is 26.8. The second-order valence-electron chi connectivity index (χ2n) is 8.60. The van der Waals surface area contributed by atoms with Gasteiger partial charge in [-0.15, -0.1) is 11.3 Å². The molecule has 0 fully saturated rings. The highest BCUT2D eigenvalue weighted by atomic mass is 32.1. The number of pyridine rings is 2. The zero-order valence-electron chi connectivity index (χ0n) is 21.3. The van der Waals surface area contributed by atoms with Crippen LogP contribution < -0.4 is 20.8 Å². The van der Waals surface area contributed by atoms with Gasteiger partial charge in [0.1, 0.15) is 28.7 Å². The number of ether oxygens (including phenoxy) is 2. The minimum Gasteiger partial charge on any atom is -0.489 e. The molecule has 10 nitrogen and oxygen atoms in total. The van der Waals surface area contributed by atoms with E-state index in [0.717, 1.165) is 22.7 Å². The number of carbonyl (C=O) groups excluding carboxylic acids is 2. The minimum absolute atomic E-state index is 0.0169. The van der Waals surface area contributed by atoms with Gasteiger partial charge in [-0.2, -0.15) is 0 Å². The first kappa shape index (κ1) is 25.4. The van der Waals surface area contributed by atoms with Crippen molar-refractivity contribution in [3.05, 3.63) is 57.5 Å². The Morgan fingerprint density at radius 3 is 2.76 bits per heavy atom. The van der Waals surface area contributed by atoms with Crippen LogP contribution in [0.2, 0.25) is 0 Å². The lowest BCUT2D eigenvalue weighted by Crippen LogP contribution is -2.28. The predicted octanol–water partition coefficient (Wildman–Crippen LogP) is 4.46. The molecule has 0 atom stereocenters. The fourth-order valence-electron chi connectivity index (χ4n) is 4.40. The van der Waals surface area contributed by atoms with Gasteiger partial charge in [0.25, 0.3) is 0 Å². The van der Waals surface area contributed by atoms with Crippen LogP contribution in [0.4, 0.5) is 10.6 Å². The lowest BCUT2D eigenvalue weighted by atomic mass is 9.98. The van der Waals surface area contributed by atoms with Gasteiger partial charge >= 0.3 is 12.0 Å². The summed E-state index contributed by atoms with van der Waals surface area (Å²) >= 11 is 1.49. The second-order valence-corrected chi connectivity index (χ2v) is 9.46. The van der Waals surface area contributed by atoms with Gasteiger partial charge in [-0.05, 0) is 44.0 Å². The Labute approximate surface area is 222 Å². The van der Waals surface area contributed by atoms with Crippen molar-refractivity contribution in [2.75, 3.05) is 25.1 Å². The van der Waals surface area contributed by atoms with E-state index in [2.05, 4.69) is 15.6 Å². The number of benzene rings is 1. The molecule has 4 heterocycles. The summed E-state index contributed by atoms with van der Waals surface area (Å²) in [6.45, 7) is 7.11. The van der Waals surface area contributed by atoms with Gasteiger partial charge in [0.15, 0.2) is 0 Å².